The van der Waals surface area contributed by atoms with Gasteiger partial charge in [-0.25, -0.2) is 14.8 Å². The number of rotatable bonds is 5. The van der Waals surface area contributed by atoms with Crippen LogP contribution in [0.5, 0.6) is 0 Å². The van der Waals surface area contributed by atoms with E-state index in [0.717, 1.165) is 54.1 Å². The zero-order chi connectivity index (χ0) is 18.8. The van der Waals surface area contributed by atoms with Crippen LogP contribution < -0.4 is 5.32 Å². The van der Waals surface area contributed by atoms with Gasteiger partial charge >= 0.3 is 5.97 Å². The van der Waals surface area contributed by atoms with Crippen LogP contribution in [0, 0.1) is 0 Å². The molecule has 2 aromatic heterocycles. The Bertz CT molecular complexity index is 969. The lowest BCUT2D eigenvalue weighted by molar-refractivity contribution is 0.0696. The number of nitrogens with one attached hydrogen (secondary N) is 1. The highest BCUT2D eigenvalue weighted by Crippen LogP contribution is 2.32. The Balaban J connectivity index is 1.36. The lowest BCUT2D eigenvalue weighted by atomic mass is 10.0. The van der Waals surface area contributed by atoms with Gasteiger partial charge in [-0.2, -0.15) is 0 Å². The fraction of sp³-hybridized carbons (Fsp3) is 0.316. The van der Waals surface area contributed by atoms with Crippen LogP contribution in [0.25, 0.3) is 10.2 Å². The van der Waals surface area contributed by atoms with Gasteiger partial charge in [-0.1, -0.05) is 23.7 Å². The van der Waals surface area contributed by atoms with Gasteiger partial charge in [0.05, 0.1) is 15.3 Å². The second kappa shape index (κ2) is 7.80. The topological polar surface area (TPSA) is 78.4 Å². The molecule has 0 saturated carbocycles. The van der Waals surface area contributed by atoms with Crippen molar-refractivity contribution in [2.45, 2.75) is 25.4 Å². The fourth-order valence-electron chi connectivity index (χ4n) is 3.43. The number of halogens is 1. The maximum absolute atomic E-state index is 11.1. The number of aromatic nitrogens is 2. The summed E-state index contributed by atoms with van der Waals surface area (Å²) in [4.78, 5) is 23.0. The van der Waals surface area contributed by atoms with E-state index in [4.69, 9.17) is 16.7 Å². The predicted octanol–water partition coefficient (Wildman–Crippen LogP) is 4.12. The van der Waals surface area contributed by atoms with Crippen molar-refractivity contribution in [2.75, 3.05) is 18.4 Å². The van der Waals surface area contributed by atoms with Gasteiger partial charge in [0.15, 0.2) is 0 Å². The van der Waals surface area contributed by atoms with E-state index in [9.17, 15) is 4.79 Å². The van der Waals surface area contributed by atoms with Crippen molar-refractivity contribution in [1.82, 2.24) is 14.9 Å². The monoisotopic (exact) mass is 402 g/mol. The Kier molecular flexibility index (Phi) is 5.24. The van der Waals surface area contributed by atoms with Gasteiger partial charge in [-0.3, -0.25) is 4.90 Å². The smallest absolute Gasteiger partial charge is 0.335 e. The molecule has 27 heavy (non-hydrogen) atoms. The molecule has 0 radical (unpaired) electrons. The number of carboxylic acid groups (broad SMARTS) is 1. The number of likely N-dealkylation sites (tertiary alicyclic amines) is 1. The highest BCUT2D eigenvalue weighted by Gasteiger charge is 2.21. The summed E-state index contributed by atoms with van der Waals surface area (Å²) in [6.45, 7) is 2.67. The quantitative estimate of drug-likeness (QED) is 0.668. The van der Waals surface area contributed by atoms with Gasteiger partial charge < -0.3 is 10.4 Å². The van der Waals surface area contributed by atoms with E-state index >= 15 is 0 Å². The zero-order valence-corrected chi connectivity index (χ0v) is 16.1. The SMILES string of the molecule is O=C(O)c1cccc(CN2CCC(Nc3ncnc4sc(Cl)cc34)CC2)c1. The van der Waals surface area contributed by atoms with E-state index in [-0.39, 0.29) is 0 Å². The zero-order valence-electron chi connectivity index (χ0n) is 14.6. The first-order valence-corrected chi connectivity index (χ1v) is 9.99. The molecule has 1 aliphatic heterocycles. The number of fused-ring (bicyclic) bond motifs is 1. The first kappa shape index (κ1) is 18.2. The minimum Gasteiger partial charge on any atom is -0.478 e. The molecule has 0 bridgehead atoms. The summed E-state index contributed by atoms with van der Waals surface area (Å²) in [6.07, 6.45) is 3.58. The molecule has 0 aliphatic carbocycles. The molecule has 0 unspecified atom stereocenters. The van der Waals surface area contributed by atoms with E-state index < -0.39 is 5.97 Å². The summed E-state index contributed by atoms with van der Waals surface area (Å²) in [5.74, 6) is -0.0415. The number of hydrogen-bond donors (Lipinski definition) is 2. The third-order valence-corrected chi connectivity index (χ3v) is 5.98. The molecule has 3 heterocycles. The number of hydrogen-bond acceptors (Lipinski definition) is 6. The molecule has 8 heteroatoms. The first-order valence-electron chi connectivity index (χ1n) is 8.79. The molecule has 6 nitrogen and oxygen atoms in total. The summed E-state index contributed by atoms with van der Waals surface area (Å²) in [7, 11) is 0. The maximum atomic E-state index is 11.1. The molecule has 140 valence electrons. The third kappa shape index (κ3) is 4.21. The van der Waals surface area contributed by atoms with Crippen LogP contribution >= 0.6 is 22.9 Å². The Morgan fingerprint density at radius 3 is 2.89 bits per heavy atom. The lowest BCUT2D eigenvalue weighted by Crippen LogP contribution is -2.38. The summed E-state index contributed by atoms with van der Waals surface area (Å²) >= 11 is 7.56. The third-order valence-electron chi connectivity index (χ3n) is 4.81. The van der Waals surface area contributed by atoms with Crippen LogP contribution in [0.2, 0.25) is 4.34 Å². The molecule has 0 atom stereocenters. The van der Waals surface area contributed by atoms with Crippen molar-refractivity contribution in [3.8, 4) is 0 Å². The Morgan fingerprint density at radius 1 is 1.30 bits per heavy atom. The second-order valence-corrected chi connectivity index (χ2v) is 8.35. The second-order valence-electron chi connectivity index (χ2n) is 6.69. The normalized spacial score (nSPS) is 15.9. The molecule has 1 aliphatic rings. The minimum absolute atomic E-state index is 0.339. The van der Waals surface area contributed by atoms with Crippen molar-refractivity contribution in [3.05, 3.63) is 52.1 Å². The molecule has 4 rings (SSSR count). The molecule has 3 aromatic rings. The molecule has 1 saturated heterocycles. The van der Waals surface area contributed by atoms with E-state index in [2.05, 4.69) is 20.2 Å². The minimum atomic E-state index is -0.885. The van der Waals surface area contributed by atoms with Crippen molar-refractivity contribution < 1.29 is 9.90 Å². The van der Waals surface area contributed by atoms with Crippen LogP contribution in [-0.4, -0.2) is 45.1 Å². The first-order chi connectivity index (χ1) is 13.1. The number of thiophene rings is 1. The Labute approximate surface area is 165 Å². The van der Waals surface area contributed by atoms with E-state index in [0.29, 0.717) is 15.9 Å². The standard InChI is InChI=1S/C19H19ClN4O2S/c20-16-9-15-17(21-11-22-18(15)27-16)23-14-4-6-24(7-5-14)10-12-2-1-3-13(8-12)19(25)26/h1-3,8-9,11,14H,4-7,10H2,(H,25,26)(H,21,22,23). The number of nitrogens with zero attached hydrogens (tertiary/aromatic N) is 3. The highest BCUT2D eigenvalue weighted by molar-refractivity contribution is 7.22. The number of aromatic carboxylic acids is 1. The van der Waals surface area contributed by atoms with Crippen molar-refractivity contribution in [3.63, 3.8) is 0 Å². The number of piperidine rings is 1. The summed E-state index contributed by atoms with van der Waals surface area (Å²) in [5, 5.41) is 13.6. The molecule has 1 aromatic carbocycles. The summed E-state index contributed by atoms with van der Waals surface area (Å²) in [6, 6.07) is 9.43. The molecular formula is C19H19ClN4O2S. The molecule has 2 N–H and O–H groups in total. The van der Waals surface area contributed by atoms with Gasteiger partial charge in [0.1, 0.15) is 17.0 Å². The van der Waals surface area contributed by atoms with Crippen LogP contribution in [0.4, 0.5) is 5.82 Å². The van der Waals surface area contributed by atoms with E-state index in [1.807, 2.05) is 12.1 Å². The van der Waals surface area contributed by atoms with Gasteiger partial charge in [-0.05, 0) is 36.6 Å². The average Bonchev–Trinajstić information content (AvgIpc) is 3.05. The Hall–Kier alpha value is -2.22. The van der Waals surface area contributed by atoms with Crippen LogP contribution in [-0.2, 0) is 6.54 Å². The van der Waals surface area contributed by atoms with Gasteiger partial charge in [-0.15, -0.1) is 11.3 Å². The van der Waals surface area contributed by atoms with E-state index in [1.165, 1.54) is 11.3 Å². The molecule has 1 fully saturated rings. The van der Waals surface area contributed by atoms with Gasteiger partial charge in [0.2, 0.25) is 0 Å². The van der Waals surface area contributed by atoms with Crippen molar-refractivity contribution in [2.24, 2.45) is 0 Å². The number of benzene rings is 1. The largest absolute Gasteiger partial charge is 0.478 e. The molecule has 0 amide bonds. The molecular weight excluding hydrogens is 384 g/mol. The number of carboxylic acids is 1. The predicted molar refractivity (Wildman–Crippen MR) is 108 cm³/mol. The van der Waals surface area contributed by atoms with E-state index in [1.54, 1.807) is 24.5 Å². The van der Waals surface area contributed by atoms with Gasteiger partial charge in [0.25, 0.3) is 0 Å². The van der Waals surface area contributed by atoms with Crippen molar-refractivity contribution in [1.29, 1.82) is 0 Å². The van der Waals surface area contributed by atoms with Crippen LogP contribution in [0.3, 0.4) is 0 Å². The van der Waals surface area contributed by atoms with Crippen LogP contribution in [0.1, 0.15) is 28.8 Å². The van der Waals surface area contributed by atoms with Crippen molar-refractivity contribution >= 4 is 44.9 Å². The number of carbonyl (C=O) groups is 1. The fourth-order valence-corrected chi connectivity index (χ4v) is 4.49. The average molecular weight is 403 g/mol. The highest BCUT2D eigenvalue weighted by atomic mass is 35.5. The number of anilines is 1. The van der Waals surface area contributed by atoms with Gasteiger partial charge in [0, 0.05) is 25.7 Å². The summed E-state index contributed by atoms with van der Waals surface area (Å²) in [5.41, 5.74) is 1.37. The lowest BCUT2D eigenvalue weighted by Gasteiger charge is -2.32. The maximum Gasteiger partial charge on any atom is 0.335 e. The Morgan fingerprint density at radius 2 is 2.11 bits per heavy atom. The summed E-state index contributed by atoms with van der Waals surface area (Å²) < 4.78 is 0.715. The van der Waals surface area contributed by atoms with Crippen LogP contribution in [0.15, 0.2) is 36.7 Å². The molecule has 0 spiro atoms.